The van der Waals surface area contributed by atoms with Gasteiger partial charge < -0.3 is 9.64 Å². The summed E-state index contributed by atoms with van der Waals surface area (Å²) < 4.78 is 4.84. The second-order valence-corrected chi connectivity index (χ2v) is 4.45. The maximum atomic E-state index is 12.1. The number of rotatable bonds is 6. The third-order valence-electron chi connectivity index (χ3n) is 2.63. The van der Waals surface area contributed by atoms with E-state index in [4.69, 9.17) is 16.3 Å². The molecule has 0 saturated carbocycles. The van der Waals surface area contributed by atoms with Crippen LogP contribution >= 0.6 is 11.6 Å². The second-order valence-electron chi connectivity index (χ2n) is 4.02. The Hall–Kier alpha value is -1.55. The quantitative estimate of drug-likeness (QED) is 0.753. The van der Waals surface area contributed by atoms with Gasteiger partial charge in [0.05, 0.1) is 13.0 Å². The van der Waals surface area contributed by atoms with Crippen molar-refractivity contribution in [2.75, 3.05) is 19.7 Å². The third kappa shape index (κ3) is 5.30. The Bertz CT molecular complexity index is 431. The molecule has 0 spiro atoms. The number of likely N-dealkylation sites (N-methyl/N-ethyl adjacent to an activating group) is 1. The van der Waals surface area contributed by atoms with Crippen LogP contribution < -0.4 is 0 Å². The molecule has 0 fully saturated rings. The predicted molar refractivity (Wildman–Crippen MR) is 74.0 cm³/mol. The standard InChI is InChI=1S/C14H18ClNO3/c1-3-16(10-14(18)19-4-2)13(17)9-11-5-7-12(15)8-6-11/h5-8H,3-4,9-10H2,1-2H3. The topological polar surface area (TPSA) is 46.6 Å². The molecule has 0 saturated heterocycles. The van der Waals surface area contributed by atoms with E-state index in [0.717, 1.165) is 5.56 Å². The number of hydrogen-bond acceptors (Lipinski definition) is 3. The molecule has 5 heteroatoms. The summed E-state index contributed by atoms with van der Waals surface area (Å²) in [4.78, 5) is 24.9. The van der Waals surface area contributed by atoms with Crippen LogP contribution in [0.5, 0.6) is 0 Å². The molecule has 1 aromatic carbocycles. The van der Waals surface area contributed by atoms with E-state index in [9.17, 15) is 9.59 Å². The molecule has 0 atom stereocenters. The highest BCUT2D eigenvalue weighted by Gasteiger charge is 2.16. The third-order valence-corrected chi connectivity index (χ3v) is 2.88. The van der Waals surface area contributed by atoms with Crippen LogP contribution in [-0.2, 0) is 20.7 Å². The molecule has 0 aromatic heterocycles. The molecule has 0 heterocycles. The van der Waals surface area contributed by atoms with Gasteiger partial charge in [-0.1, -0.05) is 23.7 Å². The summed E-state index contributed by atoms with van der Waals surface area (Å²) in [5, 5.41) is 0.634. The van der Waals surface area contributed by atoms with Crippen molar-refractivity contribution in [1.82, 2.24) is 4.90 Å². The number of hydrogen-bond donors (Lipinski definition) is 0. The lowest BCUT2D eigenvalue weighted by Gasteiger charge is -2.19. The SMILES string of the molecule is CCOC(=O)CN(CC)C(=O)Cc1ccc(Cl)cc1. The van der Waals surface area contributed by atoms with Crippen LogP contribution in [-0.4, -0.2) is 36.5 Å². The van der Waals surface area contributed by atoms with Gasteiger partial charge in [0.25, 0.3) is 0 Å². The number of nitrogens with zero attached hydrogens (tertiary/aromatic N) is 1. The van der Waals surface area contributed by atoms with E-state index in [0.29, 0.717) is 18.2 Å². The van der Waals surface area contributed by atoms with Gasteiger partial charge in [0, 0.05) is 11.6 Å². The molecule has 0 aliphatic rings. The fraction of sp³-hybridized carbons (Fsp3) is 0.429. The lowest BCUT2D eigenvalue weighted by Crippen LogP contribution is -2.37. The fourth-order valence-corrected chi connectivity index (χ4v) is 1.75. The first-order valence-electron chi connectivity index (χ1n) is 6.24. The average molecular weight is 284 g/mol. The molecule has 0 unspecified atom stereocenters. The van der Waals surface area contributed by atoms with Gasteiger partial charge in [-0.3, -0.25) is 9.59 Å². The lowest BCUT2D eigenvalue weighted by atomic mass is 10.1. The molecule has 19 heavy (non-hydrogen) atoms. The monoisotopic (exact) mass is 283 g/mol. The van der Waals surface area contributed by atoms with E-state index < -0.39 is 0 Å². The summed E-state index contributed by atoms with van der Waals surface area (Å²) >= 11 is 5.79. The Balaban J connectivity index is 2.58. The molecule has 1 aromatic rings. The Morgan fingerprint density at radius 1 is 1.21 bits per heavy atom. The van der Waals surface area contributed by atoms with Crippen LogP contribution in [0.3, 0.4) is 0 Å². The minimum atomic E-state index is -0.381. The van der Waals surface area contributed by atoms with E-state index in [1.807, 2.05) is 6.92 Å². The fourth-order valence-electron chi connectivity index (χ4n) is 1.63. The first-order chi connectivity index (χ1) is 9.06. The van der Waals surface area contributed by atoms with Crippen LogP contribution in [0.2, 0.25) is 5.02 Å². The molecule has 4 nitrogen and oxygen atoms in total. The molecule has 0 bridgehead atoms. The number of halogens is 1. The van der Waals surface area contributed by atoms with Gasteiger partial charge in [-0.25, -0.2) is 0 Å². The van der Waals surface area contributed by atoms with Crippen molar-refractivity contribution in [2.24, 2.45) is 0 Å². The molecule has 1 rings (SSSR count). The Morgan fingerprint density at radius 2 is 1.84 bits per heavy atom. The van der Waals surface area contributed by atoms with Crippen LogP contribution in [0, 0.1) is 0 Å². The number of amides is 1. The van der Waals surface area contributed by atoms with Crippen LogP contribution in [0.4, 0.5) is 0 Å². The molecular formula is C14H18ClNO3. The van der Waals surface area contributed by atoms with Gasteiger partial charge in [-0.05, 0) is 31.5 Å². The maximum absolute atomic E-state index is 12.1. The van der Waals surface area contributed by atoms with E-state index in [1.165, 1.54) is 4.90 Å². The number of carbonyl (C=O) groups is 2. The maximum Gasteiger partial charge on any atom is 0.325 e. The van der Waals surface area contributed by atoms with Crippen molar-refractivity contribution in [3.8, 4) is 0 Å². The van der Waals surface area contributed by atoms with Gasteiger partial charge in [0.2, 0.25) is 5.91 Å². The number of carbonyl (C=O) groups excluding carboxylic acids is 2. The van der Waals surface area contributed by atoms with Crippen molar-refractivity contribution < 1.29 is 14.3 Å². The molecule has 0 aliphatic carbocycles. The molecule has 0 aliphatic heterocycles. The van der Waals surface area contributed by atoms with Crippen LogP contribution in [0.15, 0.2) is 24.3 Å². The summed E-state index contributed by atoms with van der Waals surface area (Å²) in [5.74, 6) is -0.480. The van der Waals surface area contributed by atoms with Crippen LogP contribution in [0.25, 0.3) is 0 Å². The first-order valence-corrected chi connectivity index (χ1v) is 6.62. The smallest absolute Gasteiger partial charge is 0.325 e. The minimum Gasteiger partial charge on any atom is -0.465 e. The van der Waals surface area contributed by atoms with Gasteiger partial charge in [0.15, 0.2) is 0 Å². The zero-order valence-corrected chi connectivity index (χ0v) is 11.9. The van der Waals surface area contributed by atoms with Gasteiger partial charge >= 0.3 is 5.97 Å². The van der Waals surface area contributed by atoms with E-state index in [1.54, 1.807) is 31.2 Å². The van der Waals surface area contributed by atoms with Crippen molar-refractivity contribution >= 4 is 23.5 Å². The van der Waals surface area contributed by atoms with E-state index >= 15 is 0 Å². The van der Waals surface area contributed by atoms with Gasteiger partial charge in [-0.15, -0.1) is 0 Å². The summed E-state index contributed by atoms with van der Waals surface area (Å²) in [6.07, 6.45) is 0.254. The highest BCUT2D eigenvalue weighted by Crippen LogP contribution is 2.10. The molecular weight excluding hydrogens is 266 g/mol. The van der Waals surface area contributed by atoms with Gasteiger partial charge in [0.1, 0.15) is 6.54 Å². The van der Waals surface area contributed by atoms with Crippen LogP contribution in [0.1, 0.15) is 19.4 Å². The summed E-state index contributed by atoms with van der Waals surface area (Å²) in [5.41, 5.74) is 0.872. The van der Waals surface area contributed by atoms with E-state index in [2.05, 4.69) is 0 Å². The summed E-state index contributed by atoms with van der Waals surface area (Å²) in [7, 11) is 0. The lowest BCUT2D eigenvalue weighted by molar-refractivity contribution is -0.148. The number of esters is 1. The normalized spacial score (nSPS) is 10.1. The Labute approximate surface area is 118 Å². The van der Waals surface area contributed by atoms with Crippen molar-refractivity contribution in [3.05, 3.63) is 34.9 Å². The Kier molecular flexibility index (Phi) is 6.36. The minimum absolute atomic E-state index is 0.00321. The number of ether oxygens (including phenoxy) is 1. The van der Waals surface area contributed by atoms with Crippen molar-refractivity contribution in [3.63, 3.8) is 0 Å². The zero-order chi connectivity index (χ0) is 14.3. The van der Waals surface area contributed by atoms with E-state index in [-0.39, 0.29) is 24.8 Å². The molecule has 1 amide bonds. The van der Waals surface area contributed by atoms with Gasteiger partial charge in [-0.2, -0.15) is 0 Å². The second kappa shape index (κ2) is 7.79. The highest BCUT2D eigenvalue weighted by molar-refractivity contribution is 6.30. The Morgan fingerprint density at radius 3 is 2.37 bits per heavy atom. The average Bonchev–Trinajstić information content (AvgIpc) is 2.39. The first kappa shape index (κ1) is 15.5. The summed E-state index contributed by atoms with van der Waals surface area (Å²) in [6.45, 7) is 4.37. The molecule has 0 N–H and O–H groups in total. The number of benzene rings is 1. The molecule has 104 valence electrons. The zero-order valence-electron chi connectivity index (χ0n) is 11.2. The van der Waals surface area contributed by atoms with Crippen molar-refractivity contribution in [2.45, 2.75) is 20.3 Å². The largest absolute Gasteiger partial charge is 0.465 e. The predicted octanol–water partition coefficient (Wildman–Crippen LogP) is 2.29. The summed E-state index contributed by atoms with van der Waals surface area (Å²) in [6, 6.07) is 7.09. The van der Waals surface area contributed by atoms with Crippen molar-refractivity contribution in [1.29, 1.82) is 0 Å². The highest BCUT2D eigenvalue weighted by atomic mass is 35.5. The molecule has 0 radical (unpaired) electrons.